The smallest absolute Gasteiger partial charge is 0.296 e. The second kappa shape index (κ2) is 5.63. The Bertz CT molecular complexity index is 718. The molecule has 1 heterocycles. The van der Waals surface area contributed by atoms with Gasteiger partial charge in [-0.15, -0.1) is 0 Å². The van der Waals surface area contributed by atoms with Crippen LogP contribution in [0, 0.1) is 0 Å². The number of nitrogens with two attached hydrogens (primary N) is 1. The molecule has 0 radical (unpaired) electrons. The molecule has 0 saturated carbocycles. The van der Waals surface area contributed by atoms with Crippen molar-refractivity contribution in [3.63, 3.8) is 0 Å². The molecule has 2 rings (SSSR count). The predicted octanol–water partition coefficient (Wildman–Crippen LogP) is 0.344. The summed E-state index contributed by atoms with van der Waals surface area (Å²) in [6, 6.07) is 7.65. The van der Waals surface area contributed by atoms with Crippen LogP contribution in [-0.4, -0.2) is 24.5 Å². The van der Waals surface area contributed by atoms with Crippen molar-refractivity contribution < 1.29 is 13.2 Å². The summed E-state index contributed by atoms with van der Waals surface area (Å²) in [7, 11) is -3.86. The Balaban J connectivity index is 2.14. The van der Waals surface area contributed by atoms with Crippen molar-refractivity contribution in [1.82, 2.24) is 10.2 Å². The van der Waals surface area contributed by atoms with Gasteiger partial charge in [0.05, 0.1) is 23.6 Å². The quantitative estimate of drug-likeness (QED) is 0.749. The maximum Gasteiger partial charge on any atom is 0.296 e. The first-order valence-corrected chi connectivity index (χ1v) is 6.97. The molecule has 1 aromatic heterocycles. The molecule has 0 fully saturated rings. The molecule has 104 valence electrons. The molecule has 0 aliphatic rings. The fourth-order valence-electron chi connectivity index (χ4n) is 1.45. The third-order valence-corrected chi connectivity index (χ3v) is 2.75. The second-order valence-electron chi connectivity index (χ2n) is 3.81. The summed E-state index contributed by atoms with van der Waals surface area (Å²) < 4.78 is 24.0. The highest BCUT2D eigenvalue weighted by molar-refractivity contribution is 7.90. The topological polar surface area (TPSA) is 127 Å². The number of nitrogens with one attached hydrogen (secondary N) is 2. The zero-order chi connectivity index (χ0) is 14.6. The van der Waals surface area contributed by atoms with Crippen LogP contribution in [0.3, 0.4) is 0 Å². The summed E-state index contributed by atoms with van der Waals surface area (Å²) in [4.78, 5) is 11.9. The van der Waals surface area contributed by atoms with Crippen LogP contribution in [-0.2, 0) is 10.2 Å². The van der Waals surface area contributed by atoms with E-state index in [9.17, 15) is 13.2 Å². The monoisotopic (exact) mass is 293 g/mol. The van der Waals surface area contributed by atoms with E-state index >= 15 is 0 Å². The van der Waals surface area contributed by atoms with Crippen LogP contribution in [0.25, 0.3) is 0 Å². The number of carbonyl (C=O) groups excluding carboxylic acids is 1. The van der Waals surface area contributed by atoms with Crippen molar-refractivity contribution in [2.45, 2.75) is 0 Å². The molecule has 1 amide bonds. The lowest BCUT2D eigenvalue weighted by Gasteiger charge is -2.08. The van der Waals surface area contributed by atoms with Gasteiger partial charge in [0.15, 0.2) is 0 Å². The summed E-state index contributed by atoms with van der Waals surface area (Å²) in [6.07, 6.45) is 2.72. The van der Waals surface area contributed by atoms with E-state index in [0.29, 0.717) is 11.3 Å². The largest absolute Gasteiger partial charge is 0.322 e. The van der Waals surface area contributed by atoms with E-state index < -0.39 is 10.2 Å². The van der Waals surface area contributed by atoms with E-state index in [4.69, 9.17) is 5.14 Å². The summed E-state index contributed by atoms with van der Waals surface area (Å²) in [5.74, 6) is -0.382. The maximum absolute atomic E-state index is 11.9. The third kappa shape index (κ3) is 4.00. The van der Waals surface area contributed by atoms with Crippen LogP contribution in [0.15, 0.2) is 42.7 Å². The van der Waals surface area contributed by atoms with Gasteiger partial charge < -0.3 is 5.32 Å². The lowest BCUT2D eigenvalue weighted by atomic mass is 10.2. The molecule has 20 heavy (non-hydrogen) atoms. The Kier molecular flexibility index (Phi) is 3.91. The molecule has 8 nitrogen and oxygen atoms in total. The lowest BCUT2D eigenvalue weighted by Crippen LogP contribution is -2.21. The number of nitrogens with zero attached hydrogens (tertiary/aromatic N) is 2. The van der Waals surface area contributed by atoms with E-state index in [-0.39, 0.29) is 11.6 Å². The number of aromatic nitrogens is 2. The van der Waals surface area contributed by atoms with E-state index in [0.717, 1.165) is 0 Å². The van der Waals surface area contributed by atoms with Crippen molar-refractivity contribution >= 4 is 27.5 Å². The molecule has 0 aliphatic heterocycles. The molecule has 0 atom stereocenters. The van der Waals surface area contributed by atoms with Gasteiger partial charge in [-0.25, -0.2) is 5.14 Å². The number of benzene rings is 1. The number of hydrogen-bond acceptors (Lipinski definition) is 5. The Morgan fingerprint density at radius 2 is 1.90 bits per heavy atom. The number of anilines is 2. The van der Waals surface area contributed by atoms with Crippen LogP contribution in [0.4, 0.5) is 11.4 Å². The summed E-state index contributed by atoms with van der Waals surface area (Å²) >= 11 is 0. The summed E-state index contributed by atoms with van der Waals surface area (Å²) in [6.45, 7) is 0. The van der Waals surface area contributed by atoms with Gasteiger partial charge in [-0.05, 0) is 24.3 Å². The number of amides is 1. The van der Waals surface area contributed by atoms with Crippen LogP contribution in [0.1, 0.15) is 10.4 Å². The Morgan fingerprint density at radius 3 is 2.55 bits per heavy atom. The fourth-order valence-corrected chi connectivity index (χ4v) is 1.91. The van der Waals surface area contributed by atoms with Gasteiger partial charge in [-0.1, -0.05) is 6.07 Å². The number of hydrogen-bond donors (Lipinski definition) is 3. The van der Waals surface area contributed by atoms with Gasteiger partial charge in [0.25, 0.3) is 16.1 Å². The van der Waals surface area contributed by atoms with Crippen LogP contribution in [0.2, 0.25) is 0 Å². The van der Waals surface area contributed by atoms with Gasteiger partial charge >= 0.3 is 0 Å². The van der Waals surface area contributed by atoms with E-state index in [2.05, 4.69) is 20.2 Å². The minimum Gasteiger partial charge on any atom is -0.322 e. The maximum atomic E-state index is 11.9. The Labute approximate surface area is 115 Å². The minimum absolute atomic E-state index is 0.248. The van der Waals surface area contributed by atoms with Gasteiger partial charge in [-0.3, -0.25) is 9.52 Å². The van der Waals surface area contributed by atoms with Crippen LogP contribution in [0.5, 0.6) is 0 Å². The predicted molar refractivity (Wildman–Crippen MR) is 73.2 cm³/mol. The average molecular weight is 293 g/mol. The average Bonchev–Trinajstić information content (AvgIpc) is 2.38. The molecule has 2 aromatic rings. The SMILES string of the molecule is NS(=O)(=O)Nc1cccc(NC(=O)c2ccnnc2)c1. The Morgan fingerprint density at radius 1 is 1.15 bits per heavy atom. The van der Waals surface area contributed by atoms with Gasteiger partial charge in [0.1, 0.15) is 0 Å². The molecule has 9 heteroatoms. The third-order valence-electron chi connectivity index (χ3n) is 2.23. The van der Waals surface area contributed by atoms with Crippen LogP contribution < -0.4 is 15.2 Å². The van der Waals surface area contributed by atoms with E-state index in [1.165, 1.54) is 30.6 Å². The first-order chi connectivity index (χ1) is 9.44. The van der Waals surface area contributed by atoms with Gasteiger partial charge in [-0.2, -0.15) is 18.6 Å². The molecule has 0 spiro atoms. The molecule has 0 bridgehead atoms. The second-order valence-corrected chi connectivity index (χ2v) is 5.11. The zero-order valence-electron chi connectivity index (χ0n) is 10.1. The zero-order valence-corrected chi connectivity index (χ0v) is 11.0. The first kappa shape index (κ1) is 13.9. The van der Waals surface area contributed by atoms with E-state index in [1.807, 2.05) is 0 Å². The molecule has 0 unspecified atom stereocenters. The number of carbonyl (C=O) groups is 1. The molecule has 4 N–H and O–H groups in total. The van der Waals surface area contributed by atoms with Crippen molar-refractivity contribution in [3.8, 4) is 0 Å². The van der Waals surface area contributed by atoms with Crippen molar-refractivity contribution in [3.05, 3.63) is 48.3 Å². The molecule has 1 aromatic carbocycles. The van der Waals surface area contributed by atoms with Crippen molar-refractivity contribution in [2.75, 3.05) is 10.0 Å². The molecular formula is C11H11N5O3S. The van der Waals surface area contributed by atoms with Crippen molar-refractivity contribution in [1.29, 1.82) is 0 Å². The first-order valence-electron chi connectivity index (χ1n) is 5.43. The molecular weight excluding hydrogens is 282 g/mol. The lowest BCUT2D eigenvalue weighted by molar-refractivity contribution is 0.102. The minimum atomic E-state index is -3.86. The summed E-state index contributed by atoms with van der Waals surface area (Å²) in [5.41, 5.74) is 1.00. The Hall–Kier alpha value is -2.52. The standard InChI is InChI=1S/C11H11N5O3S/c12-20(18,19)16-10-3-1-2-9(6-10)15-11(17)8-4-5-13-14-7-8/h1-7,16H,(H,15,17)(H2,12,18,19). The van der Waals surface area contributed by atoms with Gasteiger partial charge in [0, 0.05) is 5.69 Å². The van der Waals surface area contributed by atoms with Crippen LogP contribution >= 0.6 is 0 Å². The molecule has 0 saturated heterocycles. The van der Waals surface area contributed by atoms with Crippen molar-refractivity contribution in [2.24, 2.45) is 5.14 Å². The van der Waals surface area contributed by atoms with Gasteiger partial charge in [0.2, 0.25) is 0 Å². The fraction of sp³-hybridized carbons (Fsp3) is 0. The highest BCUT2D eigenvalue weighted by Crippen LogP contribution is 2.16. The number of rotatable bonds is 4. The van der Waals surface area contributed by atoms with E-state index in [1.54, 1.807) is 12.1 Å². The highest BCUT2D eigenvalue weighted by Gasteiger charge is 2.07. The normalized spacial score (nSPS) is 10.8. The highest BCUT2D eigenvalue weighted by atomic mass is 32.2. The summed E-state index contributed by atoms with van der Waals surface area (Å²) in [5, 5.41) is 14.6. The molecule has 0 aliphatic carbocycles.